The van der Waals surface area contributed by atoms with Gasteiger partial charge in [-0.3, -0.25) is 14.4 Å². The number of esters is 1. The SMILES string of the molecule is COC(=O)C1Cc2ccc(OC)c(c2)-c2cc(ccc2OC)C(N(C)C(=O)CNC(=O)OC(C)(C)C)C(=O)NC(C)C(=O)N1. The van der Waals surface area contributed by atoms with E-state index in [4.69, 9.17) is 18.9 Å². The van der Waals surface area contributed by atoms with Gasteiger partial charge in [-0.1, -0.05) is 12.1 Å². The van der Waals surface area contributed by atoms with E-state index in [1.54, 1.807) is 57.2 Å². The van der Waals surface area contributed by atoms with Crippen LogP contribution in [0, 0.1) is 0 Å². The Morgan fingerprint density at radius 3 is 2.14 bits per heavy atom. The first-order valence-corrected chi connectivity index (χ1v) is 13.9. The maximum absolute atomic E-state index is 13.8. The summed E-state index contributed by atoms with van der Waals surface area (Å²) in [6.45, 7) is 6.08. The lowest BCUT2D eigenvalue weighted by Gasteiger charge is -2.30. The molecule has 44 heavy (non-hydrogen) atoms. The molecule has 3 N–H and O–H groups in total. The zero-order valence-electron chi connectivity index (χ0n) is 26.2. The zero-order valence-corrected chi connectivity index (χ0v) is 26.2. The van der Waals surface area contributed by atoms with Crippen molar-refractivity contribution in [3.05, 3.63) is 47.5 Å². The maximum Gasteiger partial charge on any atom is 0.408 e. The van der Waals surface area contributed by atoms with Crippen LogP contribution in [-0.2, 0) is 35.1 Å². The number of likely N-dealkylation sites (N-methyl/N-ethyl adjacent to an activating group) is 1. The van der Waals surface area contributed by atoms with Gasteiger partial charge in [-0.2, -0.15) is 0 Å². The number of hydrogen-bond acceptors (Lipinski definition) is 9. The molecule has 238 valence electrons. The summed E-state index contributed by atoms with van der Waals surface area (Å²) in [7, 11) is 5.64. The van der Waals surface area contributed by atoms with Crippen LogP contribution in [0.15, 0.2) is 36.4 Å². The number of nitrogens with one attached hydrogen (secondary N) is 3. The van der Waals surface area contributed by atoms with Crippen LogP contribution in [0.25, 0.3) is 11.1 Å². The van der Waals surface area contributed by atoms with Gasteiger partial charge in [0.2, 0.25) is 17.7 Å². The Morgan fingerprint density at radius 1 is 0.932 bits per heavy atom. The minimum Gasteiger partial charge on any atom is -0.496 e. The number of benzene rings is 2. The van der Waals surface area contributed by atoms with Crippen LogP contribution in [0.1, 0.15) is 44.9 Å². The average molecular weight is 613 g/mol. The number of amides is 4. The monoisotopic (exact) mass is 612 g/mol. The Hall–Kier alpha value is -4.81. The highest BCUT2D eigenvalue weighted by molar-refractivity contribution is 5.95. The lowest BCUT2D eigenvalue weighted by atomic mass is 9.93. The Morgan fingerprint density at radius 2 is 1.55 bits per heavy atom. The van der Waals surface area contributed by atoms with Gasteiger partial charge in [0.15, 0.2) is 0 Å². The second kappa shape index (κ2) is 14.1. The van der Waals surface area contributed by atoms with Crippen LogP contribution in [-0.4, -0.2) is 87.3 Å². The summed E-state index contributed by atoms with van der Waals surface area (Å²) in [5.74, 6) is -1.63. The molecule has 0 radical (unpaired) electrons. The van der Waals surface area contributed by atoms with E-state index in [2.05, 4.69) is 16.0 Å². The zero-order chi connectivity index (χ0) is 32.8. The molecule has 13 nitrogen and oxygen atoms in total. The molecule has 0 saturated heterocycles. The van der Waals surface area contributed by atoms with Crippen molar-refractivity contribution in [3.63, 3.8) is 0 Å². The summed E-state index contributed by atoms with van der Waals surface area (Å²) >= 11 is 0. The summed E-state index contributed by atoms with van der Waals surface area (Å²) in [4.78, 5) is 66.2. The minimum atomic E-state index is -1.24. The molecule has 3 atom stereocenters. The first-order valence-electron chi connectivity index (χ1n) is 13.9. The predicted molar refractivity (Wildman–Crippen MR) is 160 cm³/mol. The number of carbonyl (C=O) groups excluding carboxylic acids is 5. The highest BCUT2D eigenvalue weighted by Gasteiger charge is 2.33. The van der Waals surface area contributed by atoms with Gasteiger partial charge in [-0.05, 0) is 63.1 Å². The fourth-order valence-electron chi connectivity index (χ4n) is 4.71. The molecule has 3 rings (SSSR count). The fourth-order valence-corrected chi connectivity index (χ4v) is 4.71. The normalized spacial score (nSPS) is 18.5. The van der Waals surface area contributed by atoms with Gasteiger partial charge >= 0.3 is 12.1 Å². The van der Waals surface area contributed by atoms with Gasteiger partial charge in [-0.15, -0.1) is 0 Å². The van der Waals surface area contributed by atoms with Gasteiger partial charge in [0.05, 0.1) is 21.3 Å². The fraction of sp³-hybridized carbons (Fsp3) is 0.452. The van der Waals surface area contributed by atoms with Crippen LogP contribution in [0.5, 0.6) is 11.5 Å². The van der Waals surface area contributed by atoms with E-state index in [1.165, 1.54) is 40.2 Å². The molecule has 3 unspecified atom stereocenters. The Balaban J connectivity index is 2.14. The molecule has 0 aliphatic carbocycles. The lowest BCUT2D eigenvalue weighted by molar-refractivity contribution is -0.145. The molecule has 0 aromatic heterocycles. The number of carbonyl (C=O) groups is 5. The Bertz CT molecular complexity index is 1420. The molecule has 0 fully saturated rings. The van der Waals surface area contributed by atoms with Crippen LogP contribution in [0.4, 0.5) is 4.79 Å². The van der Waals surface area contributed by atoms with Crippen molar-refractivity contribution in [1.82, 2.24) is 20.9 Å². The third kappa shape index (κ3) is 8.17. The summed E-state index contributed by atoms with van der Waals surface area (Å²) in [5, 5.41) is 7.71. The van der Waals surface area contributed by atoms with Gasteiger partial charge in [-0.25, -0.2) is 9.59 Å². The number of methoxy groups -OCH3 is 3. The quantitative estimate of drug-likeness (QED) is 0.415. The molecule has 0 saturated carbocycles. The molecule has 1 aliphatic heterocycles. The van der Waals surface area contributed by atoms with Crippen molar-refractivity contribution >= 4 is 29.8 Å². The first kappa shape index (κ1) is 33.7. The topological polar surface area (TPSA) is 162 Å². The second-order valence-electron chi connectivity index (χ2n) is 11.3. The molecule has 13 heteroatoms. The van der Waals surface area contributed by atoms with E-state index in [0.29, 0.717) is 33.8 Å². The van der Waals surface area contributed by atoms with E-state index in [9.17, 15) is 24.0 Å². The largest absolute Gasteiger partial charge is 0.496 e. The molecule has 4 bridgehead atoms. The maximum atomic E-state index is 13.8. The third-order valence-electron chi connectivity index (χ3n) is 6.90. The second-order valence-corrected chi connectivity index (χ2v) is 11.3. The molecule has 2 aromatic carbocycles. The van der Waals surface area contributed by atoms with Gasteiger partial charge in [0.1, 0.15) is 41.8 Å². The first-order chi connectivity index (χ1) is 20.7. The average Bonchev–Trinajstić information content (AvgIpc) is 2.97. The van der Waals surface area contributed by atoms with Crippen LogP contribution < -0.4 is 25.4 Å². The molecule has 1 heterocycles. The highest BCUT2D eigenvalue weighted by Crippen LogP contribution is 2.39. The van der Waals surface area contributed by atoms with Crippen molar-refractivity contribution in [3.8, 4) is 22.6 Å². The number of alkyl carbamates (subject to hydrolysis) is 1. The van der Waals surface area contributed by atoms with Crippen LogP contribution >= 0.6 is 0 Å². The summed E-state index contributed by atoms with van der Waals surface area (Å²) in [6.07, 6.45) is -0.693. The number of rotatable bonds is 6. The van der Waals surface area contributed by atoms with Crippen molar-refractivity contribution in [2.24, 2.45) is 0 Å². The smallest absolute Gasteiger partial charge is 0.408 e. The van der Waals surface area contributed by atoms with E-state index in [1.807, 2.05) is 0 Å². The Kier molecular flexibility index (Phi) is 10.8. The molecular weight excluding hydrogens is 572 g/mol. The van der Waals surface area contributed by atoms with Gasteiger partial charge in [0, 0.05) is 24.6 Å². The van der Waals surface area contributed by atoms with Gasteiger partial charge < -0.3 is 39.8 Å². The van der Waals surface area contributed by atoms with Gasteiger partial charge in [0.25, 0.3) is 0 Å². The number of hydrogen-bond donors (Lipinski definition) is 3. The molecular formula is C31H40N4O9. The van der Waals surface area contributed by atoms with E-state index >= 15 is 0 Å². The van der Waals surface area contributed by atoms with E-state index in [0.717, 1.165) is 0 Å². The van der Waals surface area contributed by atoms with Crippen LogP contribution in [0.2, 0.25) is 0 Å². The number of nitrogens with zero attached hydrogens (tertiary/aromatic N) is 1. The summed E-state index contributed by atoms with van der Waals surface area (Å²) in [6, 6.07) is 6.91. The Labute approximate surface area is 256 Å². The lowest BCUT2D eigenvalue weighted by Crippen LogP contribution is -2.53. The molecule has 2 aromatic rings. The predicted octanol–water partition coefficient (Wildman–Crippen LogP) is 2.11. The van der Waals surface area contributed by atoms with Crippen molar-refractivity contribution < 1.29 is 42.9 Å². The standard InChI is InChI=1S/C31H40N4O9/c1-17-27(37)34-22(29(39)43-8)14-18-9-11-23(41-6)20(13-18)21-15-19(10-12-24(21)42-7)26(28(38)33-17)35(5)25(36)16-32-30(40)44-31(2,3)4/h9-13,15,17,22,26H,14,16H2,1-8H3,(H,32,40)(H,33,38)(H,34,37). The highest BCUT2D eigenvalue weighted by atomic mass is 16.6. The molecule has 4 amide bonds. The summed E-state index contributed by atoms with van der Waals surface area (Å²) in [5.41, 5.74) is 1.46. The van der Waals surface area contributed by atoms with E-state index < -0.39 is 60.1 Å². The van der Waals surface area contributed by atoms with Crippen molar-refractivity contribution in [1.29, 1.82) is 0 Å². The van der Waals surface area contributed by atoms with Crippen molar-refractivity contribution in [2.45, 2.75) is 57.8 Å². The van der Waals surface area contributed by atoms with E-state index in [-0.39, 0.29) is 6.42 Å². The summed E-state index contributed by atoms with van der Waals surface area (Å²) < 4.78 is 21.4. The third-order valence-corrected chi connectivity index (χ3v) is 6.90. The molecule has 0 spiro atoms. The van der Waals surface area contributed by atoms with Crippen molar-refractivity contribution in [2.75, 3.05) is 34.9 Å². The van der Waals surface area contributed by atoms with Crippen LogP contribution in [0.3, 0.4) is 0 Å². The minimum absolute atomic E-state index is 0.0998. The molecule has 1 aliphatic rings. The number of fused-ring (bicyclic) bond motifs is 5. The number of ether oxygens (including phenoxy) is 4.